The van der Waals surface area contributed by atoms with Gasteiger partial charge in [0.1, 0.15) is 6.04 Å². The number of hydrogen-bond donors (Lipinski definition) is 1. The summed E-state index contributed by atoms with van der Waals surface area (Å²) >= 11 is 0. The molecule has 1 aliphatic heterocycles. The molecule has 0 aromatic heterocycles. The number of nitrogens with one attached hydrogen (secondary N) is 1. The first-order valence-corrected chi connectivity index (χ1v) is 11.7. The van der Waals surface area contributed by atoms with Crippen LogP contribution in [0.4, 0.5) is 9.59 Å². The van der Waals surface area contributed by atoms with Crippen LogP contribution in [0, 0.1) is 5.92 Å². The zero-order valence-corrected chi connectivity index (χ0v) is 19.0. The fourth-order valence-electron chi connectivity index (χ4n) is 4.33. The molecule has 8 nitrogen and oxygen atoms in total. The van der Waals surface area contributed by atoms with E-state index in [9.17, 15) is 14.4 Å². The number of carbonyl (C=O) groups is 3. The molecule has 1 saturated carbocycles. The number of hydrogen-bond acceptors (Lipinski definition) is 5. The number of nitrogens with zero attached hydrogens (tertiary/aromatic N) is 2. The molecular weight excluding hydrogens is 410 g/mol. The average molecular weight is 446 g/mol. The molecule has 3 rings (SSSR count). The van der Waals surface area contributed by atoms with Crippen LogP contribution in [-0.2, 0) is 20.7 Å². The molecule has 2 fully saturated rings. The van der Waals surface area contributed by atoms with Gasteiger partial charge in [0.2, 0.25) is 5.91 Å². The Balaban J connectivity index is 1.57. The zero-order valence-electron chi connectivity index (χ0n) is 19.0. The maximum absolute atomic E-state index is 13.3. The molecule has 0 radical (unpaired) electrons. The monoisotopic (exact) mass is 445 g/mol. The summed E-state index contributed by atoms with van der Waals surface area (Å²) in [5, 5.41) is 2.80. The molecule has 1 unspecified atom stereocenters. The van der Waals surface area contributed by atoms with Crippen LogP contribution in [0.15, 0.2) is 30.3 Å². The maximum atomic E-state index is 13.3. The summed E-state index contributed by atoms with van der Waals surface area (Å²) in [5.41, 5.74) is 0.962. The van der Waals surface area contributed by atoms with Crippen LogP contribution in [0.5, 0.6) is 0 Å². The minimum Gasteiger partial charge on any atom is -0.450 e. The summed E-state index contributed by atoms with van der Waals surface area (Å²) in [7, 11) is 0. The molecule has 1 atom stereocenters. The van der Waals surface area contributed by atoms with E-state index in [4.69, 9.17) is 9.47 Å². The van der Waals surface area contributed by atoms with Crippen LogP contribution < -0.4 is 5.32 Å². The number of piperazine rings is 1. The van der Waals surface area contributed by atoms with Crippen LogP contribution in [0.25, 0.3) is 0 Å². The molecule has 0 bridgehead atoms. The quantitative estimate of drug-likeness (QED) is 0.696. The molecule has 8 heteroatoms. The Morgan fingerprint density at radius 1 is 0.969 bits per heavy atom. The average Bonchev–Trinajstić information content (AvgIpc) is 2.83. The summed E-state index contributed by atoms with van der Waals surface area (Å²) in [5.74, 6) is 0.251. The number of rotatable bonds is 7. The lowest BCUT2D eigenvalue weighted by Gasteiger charge is -2.36. The fourth-order valence-corrected chi connectivity index (χ4v) is 4.33. The van der Waals surface area contributed by atoms with Gasteiger partial charge in [0.25, 0.3) is 0 Å². The minimum atomic E-state index is -0.717. The first kappa shape index (κ1) is 23.9. The Hall–Kier alpha value is -2.77. The second-order valence-electron chi connectivity index (χ2n) is 8.50. The predicted molar refractivity (Wildman–Crippen MR) is 120 cm³/mol. The third-order valence-corrected chi connectivity index (χ3v) is 6.17. The molecule has 1 aromatic rings. The van der Waals surface area contributed by atoms with Gasteiger partial charge in [-0.2, -0.15) is 0 Å². The third kappa shape index (κ3) is 7.14. The van der Waals surface area contributed by atoms with Crippen molar-refractivity contribution in [2.45, 2.75) is 51.5 Å². The standard InChI is InChI=1S/C24H35N3O5/c1-2-31-24(30)27-15-13-26(14-16-27)22(28)21(17-19-9-5-3-6-10-19)25-23(29)32-18-20-11-7-4-8-12-20/h3,5-6,9-10,20-21H,2,4,7-8,11-18H2,1H3,(H,25,29). The largest absolute Gasteiger partial charge is 0.450 e. The number of amides is 3. The highest BCUT2D eigenvalue weighted by molar-refractivity contribution is 5.86. The van der Waals surface area contributed by atoms with Gasteiger partial charge in [-0.25, -0.2) is 9.59 Å². The van der Waals surface area contributed by atoms with E-state index < -0.39 is 12.1 Å². The lowest BCUT2D eigenvalue weighted by molar-refractivity contribution is -0.135. The fraction of sp³-hybridized carbons (Fsp3) is 0.625. The topological polar surface area (TPSA) is 88.2 Å². The molecule has 1 saturated heterocycles. The lowest BCUT2D eigenvalue weighted by atomic mass is 9.90. The summed E-state index contributed by atoms with van der Waals surface area (Å²) in [6, 6.07) is 8.90. The Morgan fingerprint density at radius 3 is 2.28 bits per heavy atom. The minimum absolute atomic E-state index is 0.160. The Morgan fingerprint density at radius 2 is 1.62 bits per heavy atom. The van der Waals surface area contributed by atoms with Gasteiger partial charge in [-0.15, -0.1) is 0 Å². The molecule has 1 aliphatic carbocycles. The van der Waals surface area contributed by atoms with E-state index in [0.29, 0.717) is 51.7 Å². The van der Waals surface area contributed by atoms with Gasteiger partial charge in [-0.3, -0.25) is 4.79 Å². The van der Waals surface area contributed by atoms with Gasteiger partial charge < -0.3 is 24.6 Å². The molecule has 32 heavy (non-hydrogen) atoms. The number of benzene rings is 1. The zero-order chi connectivity index (χ0) is 22.8. The van der Waals surface area contributed by atoms with E-state index in [1.165, 1.54) is 19.3 Å². The van der Waals surface area contributed by atoms with Crippen molar-refractivity contribution in [1.29, 1.82) is 0 Å². The highest BCUT2D eigenvalue weighted by Crippen LogP contribution is 2.23. The number of carbonyl (C=O) groups excluding carboxylic acids is 3. The summed E-state index contributed by atoms with van der Waals surface area (Å²) in [6.07, 6.45) is 5.27. The van der Waals surface area contributed by atoms with Crippen molar-refractivity contribution in [1.82, 2.24) is 15.1 Å². The van der Waals surface area contributed by atoms with Crippen LogP contribution in [0.1, 0.15) is 44.6 Å². The molecule has 2 aliphatic rings. The summed E-state index contributed by atoms with van der Waals surface area (Å²) in [4.78, 5) is 41.0. The van der Waals surface area contributed by atoms with Crippen molar-refractivity contribution in [3.63, 3.8) is 0 Å². The van der Waals surface area contributed by atoms with Gasteiger partial charge in [-0.05, 0) is 31.2 Å². The molecule has 3 amide bonds. The van der Waals surface area contributed by atoms with E-state index in [1.54, 1.807) is 16.7 Å². The van der Waals surface area contributed by atoms with E-state index in [0.717, 1.165) is 18.4 Å². The van der Waals surface area contributed by atoms with Gasteiger partial charge in [0.05, 0.1) is 13.2 Å². The van der Waals surface area contributed by atoms with Crippen molar-refractivity contribution >= 4 is 18.1 Å². The molecule has 0 spiro atoms. The Kier molecular flexibility index (Phi) is 9.19. The van der Waals surface area contributed by atoms with Gasteiger partial charge in [0.15, 0.2) is 0 Å². The van der Waals surface area contributed by atoms with E-state index >= 15 is 0 Å². The maximum Gasteiger partial charge on any atom is 0.409 e. The molecule has 176 valence electrons. The molecular formula is C24H35N3O5. The van der Waals surface area contributed by atoms with Gasteiger partial charge in [-0.1, -0.05) is 49.6 Å². The Labute approximate surface area is 190 Å². The van der Waals surface area contributed by atoms with Crippen LogP contribution in [-0.4, -0.2) is 73.3 Å². The van der Waals surface area contributed by atoms with E-state index in [1.807, 2.05) is 30.3 Å². The van der Waals surface area contributed by atoms with E-state index in [2.05, 4.69) is 5.32 Å². The summed E-state index contributed by atoms with van der Waals surface area (Å²) < 4.78 is 10.5. The SMILES string of the molecule is CCOC(=O)N1CCN(C(=O)C(Cc2ccccc2)NC(=O)OCC2CCCCC2)CC1. The normalized spacial score (nSPS) is 18.0. The first-order valence-electron chi connectivity index (χ1n) is 11.7. The smallest absolute Gasteiger partial charge is 0.409 e. The molecule has 1 aromatic carbocycles. The van der Waals surface area contributed by atoms with Crippen molar-refractivity contribution in [3.05, 3.63) is 35.9 Å². The van der Waals surface area contributed by atoms with Crippen LogP contribution in [0.2, 0.25) is 0 Å². The van der Waals surface area contributed by atoms with Gasteiger partial charge in [0, 0.05) is 32.6 Å². The van der Waals surface area contributed by atoms with E-state index in [-0.39, 0.29) is 12.0 Å². The van der Waals surface area contributed by atoms with Crippen LogP contribution in [0.3, 0.4) is 0 Å². The van der Waals surface area contributed by atoms with Crippen molar-refractivity contribution in [2.24, 2.45) is 5.92 Å². The molecule has 1 heterocycles. The lowest BCUT2D eigenvalue weighted by Crippen LogP contribution is -2.56. The predicted octanol–water partition coefficient (Wildman–Crippen LogP) is 3.20. The highest BCUT2D eigenvalue weighted by Gasteiger charge is 2.31. The second kappa shape index (κ2) is 12.3. The third-order valence-electron chi connectivity index (χ3n) is 6.17. The van der Waals surface area contributed by atoms with Crippen LogP contribution >= 0.6 is 0 Å². The summed E-state index contributed by atoms with van der Waals surface area (Å²) in [6.45, 7) is 4.12. The number of alkyl carbamates (subject to hydrolysis) is 1. The van der Waals surface area contributed by atoms with Crippen molar-refractivity contribution < 1.29 is 23.9 Å². The first-order chi connectivity index (χ1) is 15.6. The molecule has 1 N–H and O–H groups in total. The highest BCUT2D eigenvalue weighted by atomic mass is 16.6. The van der Waals surface area contributed by atoms with Crippen molar-refractivity contribution in [2.75, 3.05) is 39.4 Å². The van der Waals surface area contributed by atoms with Gasteiger partial charge >= 0.3 is 12.2 Å². The van der Waals surface area contributed by atoms with Crippen molar-refractivity contribution in [3.8, 4) is 0 Å². The second-order valence-corrected chi connectivity index (χ2v) is 8.50. The number of ether oxygens (including phenoxy) is 2. The Bertz CT molecular complexity index is 743.